The van der Waals surface area contributed by atoms with Crippen LogP contribution in [0.3, 0.4) is 0 Å². The topological polar surface area (TPSA) is 8.81 Å². The lowest BCUT2D eigenvalue weighted by atomic mass is 9.49. The van der Waals surface area contributed by atoms with Gasteiger partial charge in [0.1, 0.15) is 17.4 Å². The zero-order valence-electron chi connectivity index (χ0n) is 18.1. The normalized spacial score (nSPS) is 50.6. The molecular formula is C26H39N2+. The molecule has 8 bridgehead atoms. The number of imidazole rings is 1. The van der Waals surface area contributed by atoms with Crippen molar-refractivity contribution in [2.24, 2.45) is 42.6 Å². The molecule has 2 nitrogen and oxygen atoms in total. The van der Waals surface area contributed by atoms with E-state index in [9.17, 15) is 0 Å². The van der Waals surface area contributed by atoms with Crippen LogP contribution in [0.15, 0.2) is 6.20 Å². The van der Waals surface area contributed by atoms with E-state index >= 15 is 0 Å². The SMILES string of the molecule is CCc1n(C)c(C23CC4CC(CC(C4)C2)C3)c[n+]1C12CC3CC(CC(C3)C1)C2. The zero-order valence-corrected chi connectivity index (χ0v) is 18.1. The third kappa shape index (κ3) is 2.13. The van der Waals surface area contributed by atoms with Gasteiger partial charge in [0.15, 0.2) is 0 Å². The molecule has 28 heavy (non-hydrogen) atoms. The minimum atomic E-state index is 0.485. The van der Waals surface area contributed by atoms with Crippen LogP contribution >= 0.6 is 0 Å². The molecule has 0 radical (unpaired) electrons. The summed E-state index contributed by atoms with van der Waals surface area (Å²) >= 11 is 0. The molecule has 1 aromatic heterocycles. The summed E-state index contributed by atoms with van der Waals surface area (Å²) in [5, 5.41) is 0. The van der Waals surface area contributed by atoms with Crippen molar-refractivity contribution < 1.29 is 4.57 Å². The van der Waals surface area contributed by atoms with Crippen molar-refractivity contribution in [2.45, 2.75) is 101 Å². The highest BCUT2D eigenvalue weighted by Gasteiger charge is 2.58. The molecule has 9 rings (SSSR count). The zero-order chi connectivity index (χ0) is 18.7. The van der Waals surface area contributed by atoms with Crippen molar-refractivity contribution >= 4 is 0 Å². The molecule has 0 aliphatic heterocycles. The van der Waals surface area contributed by atoms with E-state index < -0.39 is 0 Å². The van der Waals surface area contributed by atoms with Crippen LogP contribution in [-0.4, -0.2) is 4.57 Å². The third-order valence-corrected chi connectivity index (χ3v) is 10.7. The van der Waals surface area contributed by atoms with Crippen LogP contribution in [-0.2, 0) is 24.4 Å². The second-order valence-electron chi connectivity index (χ2n) is 12.6. The quantitative estimate of drug-likeness (QED) is 0.633. The summed E-state index contributed by atoms with van der Waals surface area (Å²) in [5.74, 6) is 7.87. The van der Waals surface area contributed by atoms with Gasteiger partial charge in [0, 0.05) is 11.8 Å². The Kier molecular flexibility index (Phi) is 3.31. The molecule has 8 saturated carbocycles. The van der Waals surface area contributed by atoms with E-state index in [1.165, 1.54) is 44.9 Å². The maximum Gasteiger partial charge on any atom is 0.256 e. The molecule has 2 heteroatoms. The lowest BCUT2D eigenvalue weighted by Crippen LogP contribution is -2.65. The largest absolute Gasteiger partial charge is 0.256 e. The summed E-state index contributed by atoms with van der Waals surface area (Å²) in [6.45, 7) is 2.41. The van der Waals surface area contributed by atoms with Gasteiger partial charge < -0.3 is 0 Å². The van der Waals surface area contributed by atoms with Gasteiger partial charge in [-0.2, -0.15) is 0 Å². The van der Waals surface area contributed by atoms with Crippen LogP contribution in [0.2, 0.25) is 0 Å². The lowest BCUT2D eigenvalue weighted by Gasteiger charge is -2.55. The van der Waals surface area contributed by atoms with Gasteiger partial charge in [0.05, 0.1) is 7.05 Å². The van der Waals surface area contributed by atoms with E-state index in [2.05, 4.69) is 29.3 Å². The Morgan fingerprint density at radius 3 is 1.64 bits per heavy atom. The highest BCUT2D eigenvalue weighted by atomic mass is 15.2. The van der Waals surface area contributed by atoms with Gasteiger partial charge in [-0.1, -0.05) is 6.92 Å². The Bertz CT molecular complexity index is 744. The average Bonchev–Trinajstić information content (AvgIpc) is 2.97. The Morgan fingerprint density at radius 1 is 0.786 bits per heavy atom. The minimum absolute atomic E-state index is 0.485. The van der Waals surface area contributed by atoms with Gasteiger partial charge in [0.2, 0.25) is 0 Å². The summed E-state index contributed by atoms with van der Waals surface area (Å²) in [5.41, 5.74) is 2.76. The fourth-order valence-corrected chi connectivity index (χ4v) is 10.7. The van der Waals surface area contributed by atoms with Crippen molar-refractivity contribution in [2.75, 3.05) is 0 Å². The smallest absolute Gasteiger partial charge is 0.234 e. The van der Waals surface area contributed by atoms with Crippen molar-refractivity contribution in [1.29, 1.82) is 0 Å². The lowest BCUT2D eigenvalue weighted by molar-refractivity contribution is -0.782. The maximum atomic E-state index is 2.91. The minimum Gasteiger partial charge on any atom is -0.234 e. The van der Waals surface area contributed by atoms with Gasteiger partial charge >= 0.3 is 0 Å². The van der Waals surface area contributed by atoms with Crippen molar-refractivity contribution in [1.82, 2.24) is 4.57 Å². The summed E-state index contributed by atoms with van der Waals surface area (Å²) in [6, 6.07) is 0. The van der Waals surface area contributed by atoms with Crippen LogP contribution in [0.5, 0.6) is 0 Å². The van der Waals surface area contributed by atoms with E-state index in [0.29, 0.717) is 11.0 Å². The van der Waals surface area contributed by atoms with E-state index in [1.54, 1.807) is 50.0 Å². The first-order chi connectivity index (χ1) is 13.6. The number of hydrogen-bond acceptors (Lipinski definition) is 0. The molecule has 0 spiro atoms. The number of nitrogens with zero attached hydrogens (tertiary/aromatic N) is 2. The molecule has 152 valence electrons. The molecule has 0 N–H and O–H groups in total. The molecular weight excluding hydrogens is 340 g/mol. The van der Waals surface area contributed by atoms with Crippen LogP contribution in [0, 0.1) is 35.5 Å². The average molecular weight is 380 g/mol. The van der Waals surface area contributed by atoms with E-state index in [4.69, 9.17) is 0 Å². The van der Waals surface area contributed by atoms with Crippen LogP contribution in [0.4, 0.5) is 0 Å². The number of aromatic nitrogens is 2. The maximum absolute atomic E-state index is 2.91. The standard InChI is InChI=1S/C26H39N2/c1-3-24-27(2)23(25-10-17-4-18(11-25)6-19(5-17)12-25)16-28(24)26-13-20-7-21(14-26)9-22(8-20)15-26/h16-22H,3-15H2,1-2H3/q+1. The van der Waals surface area contributed by atoms with Gasteiger partial charge in [-0.3, -0.25) is 0 Å². The Labute approximate surface area is 171 Å². The molecule has 0 atom stereocenters. The second kappa shape index (κ2) is 5.46. The molecule has 0 unspecified atom stereocenters. The molecule has 0 saturated heterocycles. The molecule has 8 aliphatic carbocycles. The Morgan fingerprint density at radius 2 is 1.21 bits per heavy atom. The predicted molar refractivity (Wildman–Crippen MR) is 111 cm³/mol. The van der Waals surface area contributed by atoms with Crippen LogP contribution in [0.1, 0.15) is 95.5 Å². The first kappa shape index (κ1) is 16.9. The molecule has 0 amide bonds. The number of hydrogen-bond donors (Lipinski definition) is 0. The van der Waals surface area contributed by atoms with Gasteiger partial charge in [0.25, 0.3) is 5.82 Å². The van der Waals surface area contributed by atoms with Gasteiger partial charge in [-0.15, -0.1) is 0 Å². The van der Waals surface area contributed by atoms with E-state index in [0.717, 1.165) is 35.5 Å². The summed E-state index contributed by atoms with van der Waals surface area (Å²) in [7, 11) is 2.43. The summed E-state index contributed by atoms with van der Waals surface area (Å²) < 4.78 is 5.62. The van der Waals surface area contributed by atoms with Crippen molar-refractivity contribution in [3.8, 4) is 0 Å². The Hall–Kier alpha value is -0.790. The highest BCUT2D eigenvalue weighted by molar-refractivity contribution is 5.22. The first-order valence-electron chi connectivity index (χ1n) is 12.7. The molecule has 0 aromatic carbocycles. The fourth-order valence-electron chi connectivity index (χ4n) is 10.7. The van der Waals surface area contributed by atoms with Crippen molar-refractivity contribution in [3.63, 3.8) is 0 Å². The van der Waals surface area contributed by atoms with Gasteiger partial charge in [-0.25, -0.2) is 9.13 Å². The number of rotatable bonds is 3. The van der Waals surface area contributed by atoms with Crippen LogP contribution in [0.25, 0.3) is 0 Å². The molecule has 1 heterocycles. The summed E-state index contributed by atoms with van der Waals surface area (Å²) in [4.78, 5) is 0. The van der Waals surface area contributed by atoms with E-state index in [1.807, 2.05) is 0 Å². The fraction of sp³-hybridized carbons (Fsp3) is 0.885. The first-order valence-corrected chi connectivity index (χ1v) is 12.7. The predicted octanol–water partition coefficient (Wildman–Crippen LogP) is 5.27. The van der Waals surface area contributed by atoms with Crippen molar-refractivity contribution in [3.05, 3.63) is 17.7 Å². The Balaban J connectivity index is 1.34. The molecule has 8 aliphatic rings. The van der Waals surface area contributed by atoms with Crippen LogP contribution < -0.4 is 4.57 Å². The summed E-state index contributed by atoms with van der Waals surface area (Å²) in [6.07, 6.45) is 22.2. The van der Waals surface area contributed by atoms with E-state index in [-0.39, 0.29) is 0 Å². The molecule has 8 fully saturated rings. The third-order valence-electron chi connectivity index (χ3n) is 10.7. The van der Waals surface area contributed by atoms with Gasteiger partial charge in [-0.05, 0) is 113 Å². The monoisotopic (exact) mass is 379 g/mol. The molecule has 1 aromatic rings. The second-order valence-corrected chi connectivity index (χ2v) is 12.6. The highest BCUT2D eigenvalue weighted by Crippen LogP contribution is 2.61.